The maximum absolute atomic E-state index is 4.52. The van der Waals surface area contributed by atoms with E-state index < -0.39 is 0 Å². The maximum Gasteiger partial charge on any atom is 0.224 e. The van der Waals surface area contributed by atoms with Crippen LogP contribution >= 0.6 is 0 Å². The first-order valence-corrected chi connectivity index (χ1v) is 7.51. The van der Waals surface area contributed by atoms with Gasteiger partial charge in [0.25, 0.3) is 0 Å². The summed E-state index contributed by atoms with van der Waals surface area (Å²) in [4.78, 5) is 8.89. The summed E-state index contributed by atoms with van der Waals surface area (Å²) < 4.78 is 0. The fraction of sp³-hybridized carbons (Fsp3) is 0.733. The van der Waals surface area contributed by atoms with Gasteiger partial charge < -0.3 is 10.6 Å². The Bertz CT molecular complexity index is 411. The molecule has 2 N–H and O–H groups in total. The van der Waals surface area contributed by atoms with Gasteiger partial charge in [-0.15, -0.1) is 0 Å². The average Bonchev–Trinajstić information content (AvgIpc) is 2.86. The highest BCUT2D eigenvalue weighted by Crippen LogP contribution is 2.40. The molecular formula is C15H26N4. The van der Waals surface area contributed by atoms with E-state index >= 15 is 0 Å². The molecule has 1 aliphatic carbocycles. The summed E-state index contributed by atoms with van der Waals surface area (Å²) in [6, 6.07) is 2.03. The van der Waals surface area contributed by atoms with E-state index in [4.69, 9.17) is 0 Å². The monoisotopic (exact) mass is 262 g/mol. The highest BCUT2D eigenvalue weighted by Gasteiger charge is 2.31. The van der Waals surface area contributed by atoms with Gasteiger partial charge in [-0.3, -0.25) is 0 Å². The Kier molecular flexibility index (Phi) is 4.61. The van der Waals surface area contributed by atoms with Crippen LogP contribution in [0.1, 0.15) is 51.6 Å². The van der Waals surface area contributed by atoms with Crippen molar-refractivity contribution in [3.63, 3.8) is 0 Å². The molecule has 19 heavy (non-hydrogen) atoms. The van der Waals surface area contributed by atoms with Gasteiger partial charge in [-0.05, 0) is 38.5 Å². The van der Waals surface area contributed by atoms with Crippen molar-refractivity contribution >= 4 is 11.8 Å². The second kappa shape index (κ2) is 6.22. The Hall–Kier alpha value is -1.32. The molecule has 0 amide bonds. The van der Waals surface area contributed by atoms with Crippen LogP contribution < -0.4 is 10.6 Å². The Morgan fingerprint density at radius 3 is 2.53 bits per heavy atom. The molecule has 2 rings (SSSR count). The molecule has 0 bridgehead atoms. The van der Waals surface area contributed by atoms with Crippen molar-refractivity contribution in [3.8, 4) is 0 Å². The van der Waals surface area contributed by atoms with Crippen LogP contribution in [0.15, 0.2) is 6.07 Å². The summed E-state index contributed by atoms with van der Waals surface area (Å²) in [6.07, 6.45) is 6.70. The summed E-state index contributed by atoms with van der Waals surface area (Å²) in [6.45, 7) is 8.26. The first kappa shape index (κ1) is 14.1. The Labute approximate surface area is 116 Å². The number of anilines is 2. The fourth-order valence-electron chi connectivity index (χ4n) is 2.95. The molecule has 0 spiro atoms. The lowest BCUT2D eigenvalue weighted by molar-refractivity contribution is 0.306. The van der Waals surface area contributed by atoms with Crippen LogP contribution in [0.4, 0.5) is 11.8 Å². The van der Waals surface area contributed by atoms with Gasteiger partial charge in [0.2, 0.25) is 5.95 Å². The number of hydrogen-bond acceptors (Lipinski definition) is 4. The molecular weight excluding hydrogens is 236 g/mol. The standard InChI is InChI=1S/C15H26N4/c1-4-15(8-6-7-9-15)11-17-13-10-12(3)18-14(19-13)16-5-2/h10H,4-9,11H2,1-3H3,(H2,16,17,18,19). The Morgan fingerprint density at radius 2 is 1.89 bits per heavy atom. The summed E-state index contributed by atoms with van der Waals surface area (Å²) in [5, 5.41) is 6.70. The van der Waals surface area contributed by atoms with Gasteiger partial charge in [-0.25, -0.2) is 4.98 Å². The number of aryl methyl sites for hydroxylation is 1. The molecule has 1 aromatic rings. The maximum atomic E-state index is 4.52. The summed E-state index contributed by atoms with van der Waals surface area (Å²) in [7, 11) is 0. The predicted molar refractivity (Wildman–Crippen MR) is 80.6 cm³/mol. The zero-order valence-corrected chi connectivity index (χ0v) is 12.4. The van der Waals surface area contributed by atoms with Crippen LogP contribution in [-0.4, -0.2) is 23.1 Å². The highest BCUT2D eigenvalue weighted by atomic mass is 15.1. The summed E-state index contributed by atoms with van der Waals surface area (Å²) in [5.41, 5.74) is 1.49. The van der Waals surface area contributed by atoms with Gasteiger partial charge in [0.15, 0.2) is 0 Å². The molecule has 1 aromatic heterocycles. The number of aromatic nitrogens is 2. The van der Waals surface area contributed by atoms with Gasteiger partial charge >= 0.3 is 0 Å². The van der Waals surface area contributed by atoms with Gasteiger partial charge in [-0.2, -0.15) is 4.98 Å². The summed E-state index contributed by atoms with van der Waals surface area (Å²) >= 11 is 0. The van der Waals surface area contributed by atoms with Crippen molar-refractivity contribution < 1.29 is 0 Å². The molecule has 0 unspecified atom stereocenters. The van der Waals surface area contributed by atoms with Crippen molar-refractivity contribution in [1.82, 2.24) is 9.97 Å². The molecule has 1 aliphatic rings. The summed E-state index contributed by atoms with van der Waals surface area (Å²) in [5.74, 6) is 1.67. The number of hydrogen-bond donors (Lipinski definition) is 2. The molecule has 0 atom stereocenters. The van der Waals surface area contributed by atoms with E-state index in [1.54, 1.807) is 0 Å². The van der Waals surface area contributed by atoms with Crippen LogP contribution in [-0.2, 0) is 0 Å². The zero-order valence-electron chi connectivity index (χ0n) is 12.4. The molecule has 1 fully saturated rings. The fourth-order valence-corrected chi connectivity index (χ4v) is 2.95. The van der Waals surface area contributed by atoms with Gasteiger partial charge in [-0.1, -0.05) is 19.8 Å². The first-order valence-electron chi connectivity index (χ1n) is 7.51. The first-order chi connectivity index (χ1) is 9.17. The van der Waals surface area contributed by atoms with Crippen molar-refractivity contribution in [2.75, 3.05) is 23.7 Å². The van der Waals surface area contributed by atoms with E-state index in [1.165, 1.54) is 32.1 Å². The zero-order chi connectivity index (χ0) is 13.7. The van der Waals surface area contributed by atoms with Gasteiger partial charge in [0.1, 0.15) is 5.82 Å². The van der Waals surface area contributed by atoms with Crippen LogP contribution in [0.25, 0.3) is 0 Å². The third-order valence-corrected chi connectivity index (χ3v) is 4.25. The lowest BCUT2D eigenvalue weighted by Crippen LogP contribution is -2.26. The molecule has 0 aliphatic heterocycles. The largest absolute Gasteiger partial charge is 0.369 e. The van der Waals surface area contributed by atoms with Crippen molar-refractivity contribution in [2.45, 2.75) is 52.9 Å². The lowest BCUT2D eigenvalue weighted by atomic mass is 9.83. The van der Waals surface area contributed by atoms with E-state index in [2.05, 4.69) is 34.4 Å². The number of nitrogens with zero attached hydrogens (tertiary/aromatic N) is 2. The third-order valence-electron chi connectivity index (χ3n) is 4.25. The van der Waals surface area contributed by atoms with Gasteiger partial charge in [0, 0.05) is 24.8 Å². The minimum Gasteiger partial charge on any atom is -0.369 e. The van der Waals surface area contributed by atoms with E-state index in [9.17, 15) is 0 Å². The van der Waals surface area contributed by atoms with E-state index in [1.807, 2.05) is 13.0 Å². The van der Waals surface area contributed by atoms with Crippen LogP contribution in [0.2, 0.25) is 0 Å². The molecule has 0 saturated heterocycles. The second-order valence-electron chi connectivity index (χ2n) is 5.66. The molecule has 1 saturated carbocycles. The minimum atomic E-state index is 0.483. The quantitative estimate of drug-likeness (QED) is 0.822. The lowest BCUT2D eigenvalue weighted by Gasteiger charge is -2.28. The third kappa shape index (κ3) is 3.58. The van der Waals surface area contributed by atoms with E-state index in [0.29, 0.717) is 5.41 Å². The van der Waals surface area contributed by atoms with Crippen LogP contribution in [0.3, 0.4) is 0 Å². The van der Waals surface area contributed by atoms with Crippen LogP contribution in [0.5, 0.6) is 0 Å². The molecule has 106 valence electrons. The highest BCUT2D eigenvalue weighted by molar-refractivity contribution is 5.42. The Balaban J connectivity index is 2.02. The number of nitrogens with one attached hydrogen (secondary N) is 2. The van der Waals surface area contributed by atoms with E-state index in [0.717, 1.165) is 30.5 Å². The van der Waals surface area contributed by atoms with Gasteiger partial charge in [0.05, 0.1) is 0 Å². The average molecular weight is 262 g/mol. The molecule has 0 radical (unpaired) electrons. The van der Waals surface area contributed by atoms with Crippen molar-refractivity contribution in [2.24, 2.45) is 5.41 Å². The molecule has 0 aromatic carbocycles. The predicted octanol–water partition coefficient (Wildman–Crippen LogP) is 3.60. The van der Waals surface area contributed by atoms with Crippen molar-refractivity contribution in [1.29, 1.82) is 0 Å². The smallest absolute Gasteiger partial charge is 0.224 e. The van der Waals surface area contributed by atoms with Crippen molar-refractivity contribution in [3.05, 3.63) is 11.8 Å². The Morgan fingerprint density at radius 1 is 1.16 bits per heavy atom. The minimum absolute atomic E-state index is 0.483. The van der Waals surface area contributed by atoms with E-state index in [-0.39, 0.29) is 0 Å². The normalized spacial score (nSPS) is 17.4. The molecule has 4 heteroatoms. The molecule has 4 nitrogen and oxygen atoms in total. The second-order valence-corrected chi connectivity index (χ2v) is 5.66. The topological polar surface area (TPSA) is 49.8 Å². The molecule has 1 heterocycles. The van der Waals surface area contributed by atoms with Crippen LogP contribution in [0, 0.1) is 12.3 Å². The number of rotatable bonds is 6. The SMILES string of the molecule is CCNc1nc(C)cc(NCC2(CC)CCCC2)n1.